The number of benzene rings is 2. The third kappa shape index (κ3) is 3.98. The largest absolute Gasteiger partial charge is 0.484 e. The number of carbonyl (C=O) groups is 2. The SMILES string of the molecule is C[C@H](NC(=O)C12CC(NC(=O)COc3ccc(Cl)c(F)c3)(C1)C2)c1ccc(Cl)cc1. The summed E-state index contributed by atoms with van der Waals surface area (Å²) in [4.78, 5) is 24.9. The molecule has 30 heavy (non-hydrogen) atoms. The molecule has 2 amide bonds. The van der Waals surface area contributed by atoms with Crippen LogP contribution in [0.5, 0.6) is 5.75 Å². The smallest absolute Gasteiger partial charge is 0.258 e. The van der Waals surface area contributed by atoms with Crippen molar-refractivity contribution in [3.05, 3.63) is 63.9 Å². The summed E-state index contributed by atoms with van der Waals surface area (Å²) in [6.45, 7) is 1.71. The standard InChI is InChI=1S/C22H21Cl2FN2O3/c1-13(14-2-4-15(23)5-3-14)26-20(29)21-10-22(11-21,12-21)27-19(28)9-30-16-6-7-17(24)18(25)8-16/h2-8,13H,9-12H2,1H3,(H,26,29)(H,27,28)/t13-,21?,22?/m0/s1. The lowest BCUT2D eigenvalue weighted by Gasteiger charge is -2.69. The first-order valence-corrected chi connectivity index (χ1v) is 10.4. The molecule has 1 atom stereocenters. The van der Waals surface area contributed by atoms with Gasteiger partial charge in [-0.3, -0.25) is 9.59 Å². The van der Waals surface area contributed by atoms with E-state index in [0.717, 1.165) is 11.6 Å². The topological polar surface area (TPSA) is 67.4 Å². The van der Waals surface area contributed by atoms with E-state index in [1.165, 1.54) is 12.1 Å². The maximum atomic E-state index is 13.4. The van der Waals surface area contributed by atoms with E-state index >= 15 is 0 Å². The molecule has 3 saturated carbocycles. The minimum atomic E-state index is -0.602. The van der Waals surface area contributed by atoms with E-state index in [2.05, 4.69) is 10.6 Å². The van der Waals surface area contributed by atoms with Crippen molar-refractivity contribution in [3.63, 3.8) is 0 Å². The van der Waals surface area contributed by atoms with Gasteiger partial charge in [-0.2, -0.15) is 0 Å². The molecule has 0 saturated heterocycles. The monoisotopic (exact) mass is 450 g/mol. The first-order valence-electron chi connectivity index (χ1n) is 9.66. The maximum absolute atomic E-state index is 13.4. The molecule has 0 aromatic heterocycles. The van der Waals surface area contributed by atoms with Crippen LogP contribution in [-0.2, 0) is 9.59 Å². The van der Waals surface area contributed by atoms with Crippen LogP contribution in [0.25, 0.3) is 0 Å². The molecule has 3 fully saturated rings. The fourth-order valence-electron chi connectivity index (χ4n) is 4.39. The molecule has 0 unspecified atom stereocenters. The number of nitrogens with one attached hydrogen (secondary N) is 2. The van der Waals surface area contributed by atoms with Gasteiger partial charge in [-0.15, -0.1) is 0 Å². The number of ether oxygens (including phenoxy) is 1. The van der Waals surface area contributed by atoms with Crippen LogP contribution in [0.15, 0.2) is 42.5 Å². The average molecular weight is 451 g/mol. The molecule has 5 nitrogen and oxygen atoms in total. The number of halogens is 3. The van der Waals surface area contributed by atoms with Gasteiger partial charge in [-0.1, -0.05) is 35.3 Å². The van der Waals surface area contributed by atoms with Crippen LogP contribution in [0.4, 0.5) is 4.39 Å². The van der Waals surface area contributed by atoms with Crippen LogP contribution in [-0.4, -0.2) is 24.0 Å². The molecule has 2 aromatic carbocycles. The lowest BCUT2D eigenvalue weighted by molar-refractivity contribution is -0.184. The van der Waals surface area contributed by atoms with Crippen LogP contribution < -0.4 is 15.4 Å². The molecule has 158 valence electrons. The summed E-state index contributed by atoms with van der Waals surface area (Å²) in [6.07, 6.45) is 1.83. The van der Waals surface area contributed by atoms with E-state index in [4.69, 9.17) is 27.9 Å². The lowest BCUT2D eigenvalue weighted by Crippen LogP contribution is -2.78. The van der Waals surface area contributed by atoms with Crippen LogP contribution in [0.1, 0.15) is 37.8 Å². The van der Waals surface area contributed by atoms with Gasteiger partial charge in [0.25, 0.3) is 5.91 Å². The Bertz CT molecular complexity index is 977. The van der Waals surface area contributed by atoms with Crippen molar-refractivity contribution in [2.75, 3.05) is 6.61 Å². The molecule has 2 aromatic rings. The quantitative estimate of drug-likeness (QED) is 0.655. The van der Waals surface area contributed by atoms with Crippen molar-refractivity contribution in [1.29, 1.82) is 0 Å². The summed E-state index contributed by atoms with van der Waals surface area (Å²) in [7, 11) is 0. The highest BCUT2D eigenvalue weighted by Crippen LogP contribution is 2.67. The molecule has 5 rings (SSSR count). The third-order valence-electron chi connectivity index (χ3n) is 5.90. The summed E-state index contributed by atoms with van der Waals surface area (Å²) in [5.74, 6) is -0.658. The molecule has 2 bridgehead atoms. The van der Waals surface area contributed by atoms with E-state index in [-0.39, 0.29) is 40.8 Å². The van der Waals surface area contributed by atoms with E-state index in [0.29, 0.717) is 24.3 Å². The highest BCUT2D eigenvalue weighted by atomic mass is 35.5. The maximum Gasteiger partial charge on any atom is 0.258 e. The molecule has 8 heteroatoms. The Morgan fingerprint density at radius 1 is 1.13 bits per heavy atom. The Hall–Kier alpha value is -2.31. The van der Waals surface area contributed by atoms with Crippen molar-refractivity contribution in [2.45, 2.75) is 37.8 Å². The molecule has 3 aliphatic carbocycles. The normalized spacial score (nSPS) is 24.8. The van der Waals surface area contributed by atoms with Crippen LogP contribution >= 0.6 is 23.2 Å². The predicted molar refractivity (Wildman–Crippen MR) is 112 cm³/mol. The third-order valence-corrected chi connectivity index (χ3v) is 6.45. The molecule has 0 spiro atoms. The molecular formula is C22H21Cl2FN2O3. The minimum Gasteiger partial charge on any atom is -0.484 e. The van der Waals surface area contributed by atoms with E-state index in [9.17, 15) is 14.0 Å². The molecule has 0 aliphatic heterocycles. The zero-order valence-corrected chi connectivity index (χ0v) is 17.8. The molecule has 3 aliphatic rings. The van der Waals surface area contributed by atoms with Gasteiger partial charge in [0.15, 0.2) is 6.61 Å². The second-order valence-corrected chi connectivity index (χ2v) is 9.09. The van der Waals surface area contributed by atoms with Crippen molar-refractivity contribution >= 4 is 35.0 Å². The summed E-state index contributed by atoms with van der Waals surface area (Å²) >= 11 is 11.5. The number of amides is 2. The van der Waals surface area contributed by atoms with Crippen LogP contribution in [0.2, 0.25) is 10.0 Å². The van der Waals surface area contributed by atoms with E-state index < -0.39 is 11.2 Å². The first kappa shape index (κ1) is 20.9. The number of hydrogen-bond donors (Lipinski definition) is 2. The molecule has 0 radical (unpaired) electrons. The fraction of sp³-hybridized carbons (Fsp3) is 0.364. The number of hydrogen-bond acceptors (Lipinski definition) is 3. The zero-order chi connectivity index (χ0) is 21.5. The van der Waals surface area contributed by atoms with Crippen molar-refractivity contribution in [3.8, 4) is 5.75 Å². The van der Waals surface area contributed by atoms with E-state index in [1.807, 2.05) is 19.1 Å². The van der Waals surface area contributed by atoms with Gasteiger partial charge in [0, 0.05) is 16.6 Å². The Morgan fingerprint density at radius 2 is 1.80 bits per heavy atom. The Kier molecular flexibility index (Phi) is 5.41. The fourth-order valence-corrected chi connectivity index (χ4v) is 4.64. The Morgan fingerprint density at radius 3 is 2.43 bits per heavy atom. The van der Waals surface area contributed by atoms with Gasteiger partial charge in [0.05, 0.1) is 16.5 Å². The minimum absolute atomic E-state index is 0.00498. The van der Waals surface area contributed by atoms with Crippen molar-refractivity contribution in [2.24, 2.45) is 5.41 Å². The highest BCUT2D eigenvalue weighted by Gasteiger charge is 2.72. The van der Waals surface area contributed by atoms with Gasteiger partial charge in [-0.25, -0.2) is 4.39 Å². The van der Waals surface area contributed by atoms with Crippen LogP contribution in [0, 0.1) is 11.2 Å². The number of carbonyl (C=O) groups excluding carboxylic acids is 2. The Balaban J connectivity index is 1.23. The summed E-state index contributed by atoms with van der Waals surface area (Å²) in [5, 5.41) is 6.65. The lowest BCUT2D eigenvalue weighted by atomic mass is 9.39. The zero-order valence-electron chi connectivity index (χ0n) is 16.3. The highest BCUT2D eigenvalue weighted by molar-refractivity contribution is 6.30. The summed E-state index contributed by atoms with van der Waals surface area (Å²) in [5.41, 5.74) is 0.235. The van der Waals surface area contributed by atoms with Gasteiger partial charge in [-0.05, 0) is 56.0 Å². The van der Waals surface area contributed by atoms with Gasteiger partial charge in [0.1, 0.15) is 11.6 Å². The van der Waals surface area contributed by atoms with Gasteiger partial charge >= 0.3 is 0 Å². The molecule has 2 N–H and O–H groups in total. The number of rotatable bonds is 7. The molecular weight excluding hydrogens is 430 g/mol. The second kappa shape index (κ2) is 7.75. The summed E-state index contributed by atoms with van der Waals surface area (Å²) < 4.78 is 18.7. The van der Waals surface area contributed by atoms with E-state index in [1.54, 1.807) is 12.1 Å². The molecule has 0 heterocycles. The van der Waals surface area contributed by atoms with Crippen molar-refractivity contribution < 1.29 is 18.7 Å². The van der Waals surface area contributed by atoms with Gasteiger partial charge < -0.3 is 15.4 Å². The second-order valence-electron chi connectivity index (χ2n) is 8.25. The van der Waals surface area contributed by atoms with Crippen molar-refractivity contribution in [1.82, 2.24) is 10.6 Å². The first-order chi connectivity index (χ1) is 14.2. The van der Waals surface area contributed by atoms with Gasteiger partial charge in [0.2, 0.25) is 5.91 Å². The summed E-state index contributed by atoms with van der Waals surface area (Å²) in [6, 6.07) is 11.3. The average Bonchev–Trinajstić information content (AvgIpc) is 2.64. The van der Waals surface area contributed by atoms with Crippen LogP contribution in [0.3, 0.4) is 0 Å². The Labute approximate surface area is 183 Å². The predicted octanol–water partition coefficient (Wildman–Crippen LogP) is 4.43.